The Kier molecular flexibility index (Phi) is 6.74. The molecule has 0 spiro atoms. The van der Waals surface area contributed by atoms with Crippen LogP contribution in [0.25, 0.3) is 0 Å². The second-order valence-corrected chi connectivity index (χ2v) is 7.49. The number of piperidine rings is 1. The van der Waals surface area contributed by atoms with Gasteiger partial charge < -0.3 is 5.32 Å². The molecular weight excluding hydrogens is 293 g/mol. The van der Waals surface area contributed by atoms with E-state index in [1.165, 1.54) is 11.4 Å². The lowest BCUT2D eigenvalue weighted by Gasteiger charge is -2.25. The lowest BCUT2D eigenvalue weighted by Crippen LogP contribution is -2.38. The molecule has 0 aromatic carbocycles. The predicted octanol–water partition coefficient (Wildman–Crippen LogP) is 2.12. The standard InChI is InChI=1S/C12H23F3N2O2S/c1-17(9-6-11-5-2-3-8-16-11)20(18,19)10-4-7-12(13,14)15/h11,16H,2-10H2,1H3. The lowest BCUT2D eigenvalue weighted by atomic mass is 10.0. The number of hydrogen-bond donors (Lipinski definition) is 1. The smallest absolute Gasteiger partial charge is 0.314 e. The van der Waals surface area contributed by atoms with Crippen molar-refractivity contribution in [2.45, 2.75) is 50.7 Å². The lowest BCUT2D eigenvalue weighted by molar-refractivity contribution is -0.134. The number of alkyl halides is 3. The molecule has 1 heterocycles. The fourth-order valence-corrected chi connectivity index (χ4v) is 3.46. The number of rotatable bonds is 7. The molecule has 0 saturated carbocycles. The first-order valence-corrected chi connectivity index (χ1v) is 8.56. The van der Waals surface area contributed by atoms with Crippen molar-refractivity contribution in [1.82, 2.24) is 9.62 Å². The molecule has 20 heavy (non-hydrogen) atoms. The Bertz CT molecular complexity index is 379. The highest BCUT2D eigenvalue weighted by Crippen LogP contribution is 2.22. The van der Waals surface area contributed by atoms with Gasteiger partial charge in [-0.1, -0.05) is 6.42 Å². The van der Waals surface area contributed by atoms with E-state index in [0.717, 1.165) is 25.8 Å². The highest BCUT2D eigenvalue weighted by atomic mass is 32.2. The molecule has 0 amide bonds. The van der Waals surface area contributed by atoms with Crippen molar-refractivity contribution >= 4 is 10.0 Å². The van der Waals surface area contributed by atoms with E-state index >= 15 is 0 Å². The van der Waals surface area contributed by atoms with Gasteiger partial charge in [-0.2, -0.15) is 13.2 Å². The van der Waals surface area contributed by atoms with Crippen molar-refractivity contribution in [1.29, 1.82) is 0 Å². The number of nitrogens with zero attached hydrogens (tertiary/aromatic N) is 1. The van der Waals surface area contributed by atoms with Gasteiger partial charge in [0.15, 0.2) is 0 Å². The highest BCUT2D eigenvalue weighted by molar-refractivity contribution is 7.89. The third-order valence-corrected chi connectivity index (χ3v) is 5.48. The molecule has 1 saturated heterocycles. The Labute approximate surface area is 118 Å². The van der Waals surface area contributed by atoms with Gasteiger partial charge in [-0.25, -0.2) is 12.7 Å². The molecule has 120 valence electrons. The fraction of sp³-hybridized carbons (Fsp3) is 1.00. The molecule has 1 unspecified atom stereocenters. The van der Waals surface area contributed by atoms with Crippen molar-refractivity contribution in [2.24, 2.45) is 0 Å². The molecule has 1 rings (SSSR count). The summed E-state index contributed by atoms with van der Waals surface area (Å²) in [5.41, 5.74) is 0. The molecule has 0 radical (unpaired) electrons. The maximum absolute atomic E-state index is 12.0. The molecule has 1 N–H and O–H groups in total. The Balaban J connectivity index is 2.30. The normalized spacial score (nSPS) is 21.4. The van der Waals surface area contributed by atoms with E-state index in [1.807, 2.05) is 0 Å². The van der Waals surface area contributed by atoms with Gasteiger partial charge in [-0.3, -0.25) is 0 Å². The third kappa shape index (κ3) is 6.90. The second kappa shape index (κ2) is 7.61. The van der Waals surface area contributed by atoms with Crippen LogP contribution in [-0.2, 0) is 10.0 Å². The number of halogens is 3. The molecule has 0 aromatic rings. The minimum Gasteiger partial charge on any atom is -0.314 e. The zero-order valence-electron chi connectivity index (χ0n) is 11.7. The van der Waals surface area contributed by atoms with E-state index in [4.69, 9.17) is 0 Å². The molecule has 0 aliphatic carbocycles. The Morgan fingerprint density at radius 2 is 2.00 bits per heavy atom. The first-order chi connectivity index (χ1) is 9.21. The summed E-state index contributed by atoms with van der Waals surface area (Å²) in [4.78, 5) is 0. The van der Waals surface area contributed by atoms with Crippen molar-refractivity contribution in [3.05, 3.63) is 0 Å². The van der Waals surface area contributed by atoms with E-state index in [1.54, 1.807) is 0 Å². The quantitative estimate of drug-likeness (QED) is 0.783. The predicted molar refractivity (Wildman–Crippen MR) is 72.0 cm³/mol. The van der Waals surface area contributed by atoms with E-state index in [9.17, 15) is 21.6 Å². The summed E-state index contributed by atoms with van der Waals surface area (Å²) >= 11 is 0. The summed E-state index contributed by atoms with van der Waals surface area (Å²) in [6, 6.07) is 0.316. The van der Waals surface area contributed by atoms with E-state index < -0.39 is 28.4 Å². The van der Waals surface area contributed by atoms with Gasteiger partial charge in [-0.15, -0.1) is 0 Å². The summed E-state index contributed by atoms with van der Waals surface area (Å²) < 4.78 is 60.9. The Morgan fingerprint density at radius 1 is 1.30 bits per heavy atom. The van der Waals surface area contributed by atoms with E-state index in [2.05, 4.69) is 5.32 Å². The maximum atomic E-state index is 12.0. The summed E-state index contributed by atoms with van der Waals surface area (Å²) in [6.45, 7) is 1.30. The summed E-state index contributed by atoms with van der Waals surface area (Å²) in [7, 11) is -2.14. The van der Waals surface area contributed by atoms with Gasteiger partial charge in [0.05, 0.1) is 5.75 Å². The average molecular weight is 316 g/mol. The van der Waals surface area contributed by atoms with Crippen molar-refractivity contribution in [3.63, 3.8) is 0 Å². The molecule has 8 heteroatoms. The van der Waals surface area contributed by atoms with Crippen LogP contribution in [0.1, 0.15) is 38.5 Å². The van der Waals surface area contributed by atoms with Crippen LogP contribution in [0.4, 0.5) is 13.2 Å². The fourth-order valence-electron chi connectivity index (χ4n) is 2.26. The van der Waals surface area contributed by atoms with Crippen molar-refractivity contribution < 1.29 is 21.6 Å². The van der Waals surface area contributed by atoms with Crippen molar-refractivity contribution in [2.75, 3.05) is 25.9 Å². The largest absolute Gasteiger partial charge is 0.389 e. The zero-order valence-corrected chi connectivity index (χ0v) is 12.6. The molecule has 1 aliphatic heterocycles. The molecule has 1 atom stereocenters. The average Bonchev–Trinajstić information content (AvgIpc) is 2.35. The van der Waals surface area contributed by atoms with Gasteiger partial charge >= 0.3 is 6.18 Å². The van der Waals surface area contributed by atoms with Gasteiger partial charge in [0, 0.05) is 26.1 Å². The molecule has 1 aliphatic rings. The summed E-state index contributed by atoms with van der Waals surface area (Å²) in [6.07, 6.45) is -1.71. The summed E-state index contributed by atoms with van der Waals surface area (Å²) in [5, 5.41) is 3.32. The number of nitrogens with one attached hydrogen (secondary N) is 1. The molecule has 0 aromatic heterocycles. The van der Waals surface area contributed by atoms with Gasteiger partial charge in [0.25, 0.3) is 0 Å². The van der Waals surface area contributed by atoms with Gasteiger partial charge in [0.2, 0.25) is 10.0 Å². The highest BCUT2D eigenvalue weighted by Gasteiger charge is 2.28. The molecular formula is C12H23F3N2O2S. The van der Waals surface area contributed by atoms with Crippen LogP contribution < -0.4 is 5.32 Å². The molecule has 0 bridgehead atoms. The maximum Gasteiger partial charge on any atom is 0.389 e. The Hall–Kier alpha value is -0.340. The SMILES string of the molecule is CN(CCC1CCCCN1)S(=O)(=O)CCCC(F)(F)F. The van der Waals surface area contributed by atoms with Crippen LogP contribution >= 0.6 is 0 Å². The minimum atomic E-state index is -4.29. The first-order valence-electron chi connectivity index (χ1n) is 6.95. The summed E-state index contributed by atoms with van der Waals surface area (Å²) in [5.74, 6) is -0.443. The third-order valence-electron chi connectivity index (χ3n) is 3.54. The monoisotopic (exact) mass is 316 g/mol. The minimum absolute atomic E-state index is 0.316. The van der Waals surface area contributed by atoms with Crippen LogP contribution in [0, 0.1) is 0 Å². The van der Waals surface area contributed by atoms with Crippen LogP contribution in [0.5, 0.6) is 0 Å². The molecule has 4 nitrogen and oxygen atoms in total. The second-order valence-electron chi connectivity index (χ2n) is 5.29. The number of sulfonamides is 1. The first kappa shape index (κ1) is 17.7. The van der Waals surface area contributed by atoms with Crippen LogP contribution in [0.2, 0.25) is 0 Å². The molecule has 1 fully saturated rings. The van der Waals surface area contributed by atoms with E-state index in [-0.39, 0.29) is 6.42 Å². The van der Waals surface area contributed by atoms with Gasteiger partial charge in [-0.05, 0) is 32.2 Å². The van der Waals surface area contributed by atoms with Crippen LogP contribution in [0.15, 0.2) is 0 Å². The topological polar surface area (TPSA) is 49.4 Å². The van der Waals surface area contributed by atoms with Gasteiger partial charge in [0.1, 0.15) is 0 Å². The van der Waals surface area contributed by atoms with E-state index in [0.29, 0.717) is 19.0 Å². The van der Waals surface area contributed by atoms with Crippen LogP contribution in [-0.4, -0.2) is 50.8 Å². The number of hydrogen-bond acceptors (Lipinski definition) is 3. The Morgan fingerprint density at radius 3 is 2.55 bits per heavy atom. The van der Waals surface area contributed by atoms with Crippen molar-refractivity contribution in [3.8, 4) is 0 Å². The van der Waals surface area contributed by atoms with Crippen LogP contribution in [0.3, 0.4) is 0 Å². The zero-order chi connectivity index (χ0) is 15.2.